The zero-order chi connectivity index (χ0) is 24.8. The summed E-state index contributed by atoms with van der Waals surface area (Å²) in [6.07, 6.45) is 4.93. The minimum Gasteiger partial charge on any atom is -0.394 e. The summed E-state index contributed by atoms with van der Waals surface area (Å²) in [6.45, 7) is 0.989. The van der Waals surface area contributed by atoms with Crippen LogP contribution in [0.4, 0.5) is 4.39 Å². The second-order valence-corrected chi connectivity index (χ2v) is 10.8. The zero-order valence-electron chi connectivity index (χ0n) is 19.4. The van der Waals surface area contributed by atoms with Crippen molar-refractivity contribution in [1.82, 2.24) is 9.62 Å². The Kier molecular flexibility index (Phi) is 8.33. The standard InChI is InChI=1S/C26H31FN2O5S/c27-21-6-9-23(10-7-21)35(32,33)28-24-11-8-22(34-25(24)18-30)17-26(31)29-14-12-20(13-15-29)16-19-4-2-1-3-5-19/h1-11,20,22,24-25,28,30H,12-18H2/t22-,24+,25-/m1/s1. The summed E-state index contributed by atoms with van der Waals surface area (Å²) in [6, 6.07) is 14.0. The van der Waals surface area contributed by atoms with Gasteiger partial charge in [-0.25, -0.2) is 17.5 Å². The number of aliphatic hydroxyl groups is 1. The number of nitrogens with one attached hydrogen (secondary N) is 1. The molecule has 2 aromatic rings. The van der Waals surface area contributed by atoms with Gasteiger partial charge in [-0.2, -0.15) is 0 Å². The number of hydrogen-bond donors (Lipinski definition) is 2. The van der Waals surface area contributed by atoms with E-state index in [1.165, 1.54) is 17.7 Å². The van der Waals surface area contributed by atoms with Gasteiger partial charge in [-0.15, -0.1) is 0 Å². The van der Waals surface area contributed by atoms with Gasteiger partial charge in [0.15, 0.2) is 0 Å². The fourth-order valence-electron chi connectivity index (χ4n) is 4.61. The number of carbonyl (C=O) groups is 1. The van der Waals surface area contributed by atoms with Crippen molar-refractivity contribution < 1.29 is 27.4 Å². The van der Waals surface area contributed by atoms with Gasteiger partial charge in [0.2, 0.25) is 15.9 Å². The molecule has 35 heavy (non-hydrogen) atoms. The molecule has 188 valence electrons. The lowest BCUT2D eigenvalue weighted by Gasteiger charge is -2.35. The topological polar surface area (TPSA) is 95.9 Å². The first-order valence-corrected chi connectivity index (χ1v) is 13.4. The molecule has 2 aliphatic rings. The van der Waals surface area contributed by atoms with Crippen LogP contribution in [-0.4, -0.2) is 62.3 Å². The Morgan fingerprint density at radius 1 is 1.06 bits per heavy atom. The maximum atomic E-state index is 13.1. The molecule has 2 aromatic carbocycles. The summed E-state index contributed by atoms with van der Waals surface area (Å²) in [5.74, 6) is 0.00629. The van der Waals surface area contributed by atoms with Gasteiger partial charge in [0.1, 0.15) is 11.9 Å². The van der Waals surface area contributed by atoms with Crippen LogP contribution in [0.25, 0.3) is 0 Å². The summed E-state index contributed by atoms with van der Waals surface area (Å²) in [5, 5.41) is 9.78. The van der Waals surface area contributed by atoms with Gasteiger partial charge in [-0.05, 0) is 55.0 Å². The first kappa shape index (κ1) is 25.5. The second kappa shape index (κ2) is 11.4. The van der Waals surface area contributed by atoms with E-state index in [0.29, 0.717) is 19.0 Å². The van der Waals surface area contributed by atoms with Crippen LogP contribution < -0.4 is 4.72 Å². The average molecular weight is 503 g/mol. The fraction of sp³-hybridized carbons (Fsp3) is 0.423. The van der Waals surface area contributed by atoms with Gasteiger partial charge in [0, 0.05) is 13.1 Å². The molecule has 2 N–H and O–H groups in total. The third-order valence-electron chi connectivity index (χ3n) is 6.59. The van der Waals surface area contributed by atoms with E-state index in [1.54, 1.807) is 12.2 Å². The van der Waals surface area contributed by atoms with Crippen molar-refractivity contribution in [3.63, 3.8) is 0 Å². The van der Waals surface area contributed by atoms with E-state index in [2.05, 4.69) is 16.9 Å². The Balaban J connectivity index is 1.29. The maximum Gasteiger partial charge on any atom is 0.241 e. The first-order chi connectivity index (χ1) is 16.8. The molecule has 1 saturated heterocycles. The fourth-order valence-corrected chi connectivity index (χ4v) is 5.83. The summed E-state index contributed by atoms with van der Waals surface area (Å²) < 4.78 is 46.7. The summed E-state index contributed by atoms with van der Waals surface area (Å²) in [5.41, 5.74) is 1.32. The van der Waals surface area contributed by atoms with Crippen molar-refractivity contribution in [2.24, 2.45) is 5.92 Å². The number of sulfonamides is 1. The number of likely N-dealkylation sites (tertiary alicyclic amines) is 1. The van der Waals surface area contributed by atoms with Crippen LogP contribution in [0.3, 0.4) is 0 Å². The maximum absolute atomic E-state index is 13.1. The molecular weight excluding hydrogens is 471 g/mol. The number of benzene rings is 2. The number of nitrogens with zero attached hydrogens (tertiary/aromatic N) is 1. The van der Waals surface area contributed by atoms with Crippen molar-refractivity contribution in [3.05, 3.63) is 78.1 Å². The Hall–Kier alpha value is -2.59. The number of aliphatic hydroxyl groups excluding tert-OH is 1. The van der Waals surface area contributed by atoms with Gasteiger partial charge < -0.3 is 14.7 Å². The van der Waals surface area contributed by atoms with Crippen molar-refractivity contribution in [1.29, 1.82) is 0 Å². The first-order valence-electron chi connectivity index (χ1n) is 11.9. The van der Waals surface area contributed by atoms with Crippen LogP contribution in [0, 0.1) is 11.7 Å². The average Bonchev–Trinajstić information content (AvgIpc) is 2.86. The second-order valence-electron chi connectivity index (χ2n) is 9.10. The molecule has 7 nitrogen and oxygen atoms in total. The number of halogens is 1. The van der Waals surface area contributed by atoms with Crippen LogP contribution in [0.5, 0.6) is 0 Å². The molecule has 1 amide bonds. The third-order valence-corrected chi connectivity index (χ3v) is 8.06. The van der Waals surface area contributed by atoms with E-state index >= 15 is 0 Å². The molecule has 4 rings (SSSR count). The summed E-state index contributed by atoms with van der Waals surface area (Å²) >= 11 is 0. The highest BCUT2D eigenvalue weighted by Gasteiger charge is 2.32. The van der Waals surface area contributed by atoms with E-state index in [4.69, 9.17) is 4.74 Å². The van der Waals surface area contributed by atoms with Gasteiger partial charge in [0.25, 0.3) is 0 Å². The van der Waals surface area contributed by atoms with Crippen LogP contribution in [0.15, 0.2) is 71.6 Å². The number of ether oxygens (including phenoxy) is 1. The van der Waals surface area contributed by atoms with E-state index in [0.717, 1.165) is 31.4 Å². The van der Waals surface area contributed by atoms with Crippen molar-refractivity contribution in [2.75, 3.05) is 19.7 Å². The smallest absolute Gasteiger partial charge is 0.241 e. The molecule has 2 heterocycles. The van der Waals surface area contributed by atoms with Crippen molar-refractivity contribution in [3.8, 4) is 0 Å². The monoisotopic (exact) mass is 502 g/mol. The van der Waals surface area contributed by atoms with E-state index < -0.39 is 40.7 Å². The van der Waals surface area contributed by atoms with E-state index in [9.17, 15) is 22.7 Å². The highest BCUT2D eigenvalue weighted by molar-refractivity contribution is 7.89. The molecule has 0 spiro atoms. The molecular formula is C26H31FN2O5S. The molecule has 2 aliphatic heterocycles. The Morgan fingerprint density at radius 2 is 1.74 bits per heavy atom. The lowest BCUT2D eigenvalue weighted by atomic mass is 9.90. The molecule has 0 unspecified atom stereocenters. The van der Waals surface area contributed by atoms with E-state index in [-0.39, 0.29) is 17.2 Å². The number of rotatable bonds is 8. The zero-order valence-corrected chi connectivity index (χ0v) is 20.2. The van der Waals surface area contributed by atoms with Gasteiger partial charge in [-0.1, -0.05) is 42.5 Å². The van der Waals surface area contributed by atoms with Crippen molar-refractivity contribution in [2.45, 2.75) is 48.8 Å². The lowest BCUT2D eigenvalue weighted by molar-refractivity contribution is -0.136. The molecule has 0 aliphatic carbocycles. The third kappa shape index (κ3) is 6.76. The minimum absolute atomic E-state index is 0.0140. The highest BCUT2D eigenvalue weighted by Crippen LogP contribution is 2.24. The van der Waals surface area contributed by atoms with Crippen LogP contribution >= 0.6 is 0 Å². The normalized spacial score (nSPS) is 23.4. The van der Waals surface area contributed by atoms with E-state index in [1.807, 2.05) is 23.1 Å². The quantitative estimate of drug-likeness (QED) is 0.541. The molecule has 0 aromatic heterocycles. The molecule has 3 atom stereocenters. The SMILES string of the molecule is O=C(C[C@H]1C=C[C@H](NS(=O)(=O)c2ccc(F)cc2)[C@@H](CO)O1)N1CCC(Cc2ccccc2)CC1. The Labute approximate surface area is 205 Å². The van der Waals surface area contributed by atoms with Crippen LogP contribution in [0.2, 0.25) is 0 Å². The Morgan fingerprint density at radius 3 is 2.40 bits per heavy atom. The molecule has 0 bridgehead atoms. The molecule has 1 fully saturated rings. The molecule has 0 radical (unpaired) electrons. The predicted octanol–water partition coefficient (Wildman–Crippen LogP) is 2.66. The van der Waals surface area contributed by atoms with Gasteiger partial charge >= 0.3 is 0 Å². The summed E-state index contributed by atoms with van der Waals surface area (Å²) in [4.78, 5) is 14.6. The van der Waals surface area contributed by atoms with Gasteiger partial charge in [-0.3, -0.25) is 4.79 Å². The largest absolute Gasteiger partial charge is 0.394 e. The minimum atomic E-state index is -3.94. The number of piperidine rings is 1. The molecule has 0 saturated carbocycles. The highest BCUT2D eigenvalue weighted by atomic mass is 32.2. The van der Waals surface area contributed by atoms with Crippen LogP contribution in [-0.2, 0) is 26.0 Å². The summed E-state index contributed by atoms with van der Waals surface area (Å²) in [7, 11) is -3.94. The predicted molar refractivity (Wildman–Crippen MR) is 129 cm³/mol. The Bertz CT molecular complexity index is 1120. The number of hydrogen-bond acceptors (Lipinski definition) is 5. The number of amides is 1. The van der Waals surface area contributed by atoms with Crippen LogP contribution in [0.1, 0.15) is 24.8 Å². The molecule has 9 heteroatoms. The van der Waals surface area contributed by atoms with Crippen molar-refractivity contribution >= 4 is 15.9 Å². The lowest BCUT2D eigenvalue weighted by Crippen LogP contribution is -2.49. The number of carbonyl (C=O) groups excluding carboxylic acids is 1. The van der Waals surface area contributed by atoms with Gasteiger partial charge in [0.05, 0.1) is 30.1 Å².